The summed E-state index contributed by atoms with van der Waals surface area (Å²) in [4.78, 5) is 11.1. The summed E-state index contributed by atoms with van der Waals surface area (Å²) in [7, 11) is 0. The Kier molecular flexibility index (Phi) is 2.64. The molecular weight excluding hydrogens is 164 g/mol. The van der Waals surface area contributed by atoms with E-state index in [1.165, 1.54) is 11.8 Å². The van der Waals surface area contributed by atoms with Gasteiger partial charge in [-0.3, -0.25) is 4.79 Å². The third-order valence-electron chi connectivity index (χ3n) is 1.19. The summed E-state index contributed by atoms with van der Waals surface area (Å²) in [6, 6.07) is 0. The average molecular weight is 172 g/mol. The lowest BCUT2D eigenvalue weighted by atomic mass is 10.3. The summed E-state index contributed by atoms with van der Waals surface area (Å²) in [5.41, 5.74) is 0.906. The topological polar surface area (TPSA) is 56.0 Å². The molecule has 1 aromatic rings. The molecule has 1 aromatic heterocycles. The highest BCUT2D eigenvalue weighted by atomic mass is 32.2. The lowest BCUT2D eigenvalue weighted by molar-refractivity contribution is 0.101. The maximum atomic E-state index is 11.1. The highest BCUT2D eigenvalue weighted by molar-refractivity contribution is 7.99. The second kappa shape index (κ2) is 3.52. The number of ketones is 1. The van der Waals surface area contributed by atoms with Crippen LogP contribution in [0.1, 0.15) is 16.2 Å². The third-order valence-corrected chi connectivity index (χ3v) is 1.74. The quantitative estimate of drug-likeness (QED) is 0.634. The van der Waals surface area contributed by atoms with Crippen molar-refractivity contribution in [2.75, 3.05) is 12.0 Å². The monoisotopic (exact) mass is 172 g/mol. The second-order valence-corrected chi connectivity index (χ2v) is 2.92. The van der Waals surface area contributed by atoms with Crippen molar-refractivity contribution in [2.24, 2.45) is 0 Å². The van der Waals surface area contributed by atoms with Crippen molar-refractivity contribution in [3.05, 3.63) is 11.4 Å². The van der Waals surface area contributed by atoms with E-state index in [4.69, 9.17) is 0 Å². The van der Waals surface area contributed by atoms with Crippen molar-refractivity contribution >= 4 is 17.5 Å². The van der Waals surface area contributed by atoms with Gasteiger partial charge >= 0.3 is 0 Å². The highest BCUT2D eigenvalue weighted by Crippen LogP contribution is 2.04. The molecule has 5 heteroatoms. The Labute approximate surface area is 68.3 Å². The van der Waals surface area contributed by atoms with Crippen LogP contribution in [-0.2, 0) is 0 Å². The van der Waals surface area contributed by atoms with Gasteiger partial charge in [-0.2, -0.15) is 11.8 Å². The van der Waals surface area contributed by atoms with Gasteiger partial charge in [0.25, 0.3) is 0 Å². The van der Waals surface area contributed by atoms with Gasteiger partial charge in [0.05, 0.1) is 5.75 Å². The number of carbonyl (C=O) groups excluding carboxylic acids is 1. The number of thioether (sulfide) groups is 1. The van der Waals surface area contributed by atoms with Gasteiger partial charge in [0.1, 0.15) is 5.69 Å². The zero-order valence-electron chi connectivity index (χ0n) is 6.33. The standard InChI is InChI=1S/C6H8N2O2S/c1-4-6(8-10-7-4)5(9)3-11-2/h3H2,1-2H3. The molecule has 0 atom stereocenters. The van der Waals surface area contributed by atoms with Crippen LogP contribution in [0.5, 0.6) is 0 Å². The van der Waals surface area contributed by atoms with Crippen molar-refractivity contribution in [1.29, 1.82) is 0 Å². The van der Waals surface area contributed by atoms with Crippen LogP contribution in [-0.4, -0.2) is 28.1 Å². The molecule has 1 rings (SSSR count). The second-order valence-electron chi connectivity index (χ2n) is 2.05. The Bertz CT molecular complexity index is 259. The van der Waals surface area contributed by atoms with E-state index in [0.717, 1.165) is 0 Å². The van der Waals surface area contributed by atoms with Crippen LogP contribution in [0.25, 0.3) is 0 Å². The smallest absolute Gasteiger partial charge is 0.196 e. The molecule has 0 aliphatic rings. The number of carbonyl (C=O) groups is 1. The van der Waals surface area contributed by atoms with E-state index < -0.39 is 0 Å². The number of Topliss-reactive ketones (excluding diaryl/α,β-unsaturated/α-hetero) is 1. The lowest BCUT2D eigenvalue weighted by Gasteiger charge is -1.90. The molecule has 0 bridgehead atoms. The van der Waals surface area contributed by atoms with E-state index in [2.05, 4.69) is 14.9 Å². The van der Waals surface area contributed by atoms with Crippen LogP contribution in [0.4, 0.5) is 0 Å². The predicted octanol–water partition coefficient (Wildman–Crippen LogP) is 0.924. The summed E-state index contributed by atoms with van der Waals surface area (Å²) in [5, 5.41) is 6.99. The minimum absolute atomic E-state index is 0.0312. The van der Waals surface area contributed by atoms with Gasteiger partial charge < -0.3 is 0 Å². The first-order valence-corrected chi connectivity index (χ1v) is 4.46. The number of nitrogens with zero attached hydrogens (tertiary/aromatic N) is 2. The molecule has 60 valence electrons. The zero-order chi connectivity index (χ0) is 8.27. The Morgan fingerprint density at radius 2 is 2.36 bits per heavy atom. The Hall–Kier alpha value is -0.840. The fourth-order valence-corrected chi connectivity index (χ4v) is 1.08. The summed E-state index contributed by atoms with van der Waals surface area (Å²) in [6.45, 7) is 1.70. The largest absolute Gasteiger partial charge is 0.291 e. The van der Waals surface area contributed by atoms with Crippen molar-refractivity contribution in [1.82, 2.24) is 10.3 Å². The number of hydrogen-bond acceptors (Lipinski definition) is 5. The summed E-state index contributed by atoms with van der Waals surface area (Å²) in [6.07, 6.45) is 1.86. The summed E-state index contributed by atoms with van der Waals surface area (Å²) in [5.74, 6) is 0.394. The lowest BCUT2D eigenvalue weighted by Crippen LogP contribution is -2.04. The van der Waals surface area contributed by atoms with E-state index in [1.807, 2.05) is 6.26 Å². The van der Waals surface area contributed by atoms with Crippen molar-refractivity contribution in [3.8, 4) is 0 Å². The molecular formula is C6H8N2O2S. The minimum atomic E-state index is -0.0312. The molecule has 0 N–H and O–H groups in total. The summed E-state index contributed by atoms with van der Waals surface area (Å²) >= 11 is 1.46. The molecule has 0 aliphatic carbocycles. The van der Waals surface area contributed by atoms with E-state index in [-0.39, 0.29) is 5.78 Å². The molecule has 0 saturated heterocycles. The normalized spacial score (nSPS) is 10.0. The highest BCUT2D eigenvalue weighted by Gasteiger charge is 2.13. The van der Waals surface area contributed by atoms with E-state index in [1.54, 1.807) is 6.92 Å². The molecule has 0 unspecified atom stereocenters. The molecule has 11 heavy (non-hydrogen) atoms. The molecule has 0 aromatic carbocycles. The Morgan fingerprint density at radius 1 is 1.64 bits per heavy atom. The van der Waals surface area contributed by atoms with Gasteiger partial charge in [-0.05, 0) is 18.3 Å². The molecule has 4 nitrogen and oxygen atoms in total. The molecule has 0 amide bonds. The van der Waals surface area contributed by atoms with Crippen molar-refractivity contribution < 1.29 is 9.42 Å². The van der Waals surface area contributed by atoms with E-state index in [0.29, 0.717) is 17.1 Å². The third kappa shape index (κ3) is 1.80. The molecule has 0 radical (unpaired) electrons. The van der Waals surface area contributed by atoms with Crippen LogP contribution in [0, 0.1) is 6.92 Å². The van der Waals surface area contributed by atoms with Crippen molar-refractivity contribution in [2.45, 2.75) is 6.92 Å². The van der Waals surface area contributed by atoms with Crippen LogP contribution in [0.15, 0.2) is 4.63 Å². The van der Waals surface area contributed by atoms with Crippen LogP contribution in [0.2, 0.25) is 0 Å². The number of aryl methyl sites for hydroxylation is 1. The van der Waals surface area contributed by atoms with Gasteiger partial charge in [0, 0.05) is 0 Å². The Morgan fingerprint density at radius 3 is 2.82 bits per heavy atom. The van der Waals surface area contributed by atoms with E-state index >= 15 is 0 Å². The molecule has 0 saturated carbocycles. The van der Waals surface area contributed by atoms with Gasteiger partial charge in [-0.1, -0.05) is 5.16 Å². The van der Waals surface area contributed by atoms with Gasteiger partial charge in [0.15, 0.2) is 11.5 Å². The van der Waals surface area contributed by atoms with Gasteiger partial charge in [-0.25, -0.2) is 4.63 Å². The fourth-order valence-electron chi connectivity index (χ4n) is 0.684. The molecule has 1 heterocycles. The first kappa shape index (κ1) is 8.26. The van der Waals surface area contributed by atoms with Crippen LogP contribution >= 0.6 is 11.8 Å². The van der Waals surface area contributed by atoms with E-state index in [9.17, 15) is 4.79 Å². The molecule has 0 fully saturated rings. The SMILES string of the molecule is CSCC(=O)c1nonc1C. The fraction of sp³-hybridized carbons (Fsp3) is 0.500. The zero-order valence-corrected chi connectivity index (χ0v) is 7.14. The number of hydrogen-bond donors (Lipinski definition) is 0. The van der Waals surface area contributed by atoms with Crippen molar-refractivity contribution in [3.63, 3.8) is 0 Å². The van der Waals surface area contributed by atoms with Crippen LogP contribution < -0.4 is 0 Å². The first-order valence-electron chi connectivity index (χ1n) is 3.07. The maximum Gasteiger partial charge on any atom is 0.196 e. The summed E-state index contributed by atoms with van der Waals surface area (Å²) < 4.78 is 4.38. The van der Waals surface area contributed by atoms with Gasteiger partial charge in [-0.15, -0.1) is 0 Å². The minimum Gasteiger partial charge on any atom is -0.291 e. The van der Waals surface area contributed by atoms with Crippen LogP contribution in [0.3, 0.4) is 0 Å². The maximum absolute atomic E-state index is 11.1. The average Bonchev–Trinajstić information content (AvgIpc) is 2.36. The predicted molar refractivity (Wildman–Crippen MR) is 41.7 cm³/mol. The molecule has 0 spiro atoms. The number of aromatic nitrogens is 2. The number of rotatable bonds is 3. The van der Waals surface area contributed by atoms with Gasteiger partial charge in [0.2, 0.25) is 0 Å². The Balaban J connectivity index is 2.76. The molecule has 0 aliphatic heterocycles. The first-order chi connectivity index (χ1) is 5.25.